The summed E-state index contributed by atoms with van der Waals surface area (Å²) in [4.78, 5) is 11.7. The number of aromatic amines is 1. The zero-order chi connectivity index (χ0) is 19.3. The maximum absolute atomic E-state index is 9.21. The van der Waals surface area contributed by atoms with Crippen molar-refractivity contribution in [2.24, 2.45) is 5.92 Å². The highest BCUT2D eigenvalue weighted by Crippen LogP contribution is 2.34. The fourth-order valence-corrected chi connectivity index (χ4v) is 4.36. The van der Waals surface area contributed by atoms with E-state index in [1.807, 2.05) is 12.3 Å². The highest BCUT2D eigenvalue weighted by molar-refractivity contribution is 7.75. The molecule has 0 radical (unpaired) electrons. The summed E-state index contributed by atoms with van der Waals surface area (Å²) in [7, 11) is 0. The number of hydrogen-bond acceptors (Lipinski definition) is 6. The van der Waals surface area contributed by atoms with Crippen LogP contribution in [0.5, 0.6) is 0 Å². The number of fused-ring (bicyclic) bond motifs is 2. The molecule has 0 spiro atoms. The van der Waals surface area contributed by atoms with Crippen molar-refractivity contribution in [3.05, 3.63) is 54.0 Å². The van der Waals surface area contributed by atoms with Crippen LogP contribution in [0.2, 0.25) is 0 Å². The number of nitrogens with zero attached hydrogens (tertiary/aromatic N) is 2. The van der Waals surface area contributed by atoms with Crippen LogP contribution in [0.25, 0.3) is 11.0 Å². The Bertz CT molecular complexity index is 916. The SMILES string of the molecule is OC1CCCC1COS.c1ccc2c(c1)CCC2Nc1ncnc2[nH]ccc12. The minimum atomic E-state index is -0.142. The molecule has 0 bridgehead atoms. The van der Waals surface area contributed by atoms with Gasteiger partial charge in [0.1, 0.15) is 17.8 Å². The van der Waals surface area contributed by atoms with Crippen LogP contribution < -0.4 is 5.32 Å². The molecule has 2 heterocycles. The third-order valence-corrected chi connectivity index (χ3v) is 5.85. The van der Waals surface area contributed by atoms with Crippen molar-refractivity contribution in [3.8, 4) is 0 Å². The van der Waals surface area contributed by atoms with Crippen LogP contribution in [0.3, 0.4) is 0 Å². The molecule has 28 heavy (non-hydrogen) atoms. The van der Waals surface area contributed by atoms with Crippen molar-refractivity contribution in [2.75, 3.05) is 11.9 Å². The number of aliphatic hydroxyl groups excluding tert-OH is 1. The maximum atomic E-state index is 9.21. The minimum Gasteiger partial charge on any atom is -0.393 e. The molecule has 0 aliphatic heterocycles. The highest BCUT2D eigenvalue weighted by atomic mass is 32.1. The van der Waals surface area contributed by atoms with Gasteiger partial charge in [0.2, 0.25) is 0 Å². The number of aryl methyl sites for hydroxylation is 1. The second-order valence-electron chi connectivity index (χ2n) is 7.45. The van der Waals surface area contributed by atoms with Crippen molar-refractivity contribution in [1.29, 1.82) is 0 Å². The third kappa shape index (κ3) is 4.16. The van der Waals surface area contributed by atoms with Crippen molar-refractivity contribution < 1.29 is 9.29 Å². The van der Waals surface area contributed by atoms with Gasteiger partial charge in [-0.1, -0.05) is 30.7 Å². The van der Waals surface area contributed by atoms with Crippen LogP contribution >= 0.6 is 12.9 Å². The van der Waals surface area contributed by atoms with E-state index < -0.39 is 0 Å². The Hall–Kier alpha value is -2.09. The summed E-state index contributed by atoms with van der Waals surface area (Å²) in [5, 5.41) is 13.8. The van der Waals surface area contributed by atoms with E-state index in [0.717, 1.165) is 49.0 Å². The van der Waals surface area contributed by atoms with Gasteiger partial charge in [-0.2, -0.15) is 0 Å². The lowest BCUT2D eigenvalue weighted by Gasteiger charge is -2.15. The van der Waals surface area contributed by atoms with Gasteiger partial charge in [0.25, 0.3) is 0 Å². The zero-order valence-electron chi connectivity index (χ0n) is 15.7. The maximum Gasteiger partial charge on any atom is 0.142 e. The first kappa shape index (κ1) is 19.2. The molecule has 3 N–H and O–H groups in total. The smallest absolute Gasteiger partial charge is 0.142 e. The number of H-pyrrole nitrogens is 1. The highest BCUT2D eigenvalue weighted by Gasteiger charge is 2.24. The predicted molar refractivity (Wildman–Crippen MR) is 113 cm³/mol. The van der Waals surface area contributed by atoms with Crippen LogP contribution in [-0.4, -0.2) is 32.8 Å². The van der Waals surface area contributed by atoms with Crippen molar-refractivity contribution in [3.63, 3.8) is 0 Å². The normalized spacial score (nSPS) is 23.3. The summed E-state index contributed by atoms with van der Waals surface area (Å²) < 4.78 is 4.63. The Morgan fingerprint density at radius 1 is 1.18 bits per heavy atom. The summed E-state index contributed by atoms with van der Waals surface area (Å²) in [6.07, 6.45) is 8.75. The minimum absolute atomic E-state index is 0.142. The Balaban J connectivity index is 0.000000181. The van der Waals surface area contributed by atoms with Crippen molar-refractivity contribution >= 4 is 29.8 Å². The molecular weight excluding hydrogens is 372 g/mol. The lowest BCUT2D eigenvalue weighted by molar-refractivity contribution is 0.106. The number of anilines is 1. The number of aliphatic hydroxyl groups is 1. The standard InChI is InChI=1S/C15H14N4.C6H12O2S/c1-2-4-11-10(3-1)5-6-13(11)19-15-12-7-8-16-14(12)17-9-18-15;7-6-3-1-2-5(6)4-8-9/h1-4,7-9,13H,5-6H2,(H2,16,17,18,19);5-7,9H,1-4H2. The van der Waals surface area contributed by atoms with E-state index in [1.54, 1.807) is 6.33 Å². The van der Waals surface area contributed by atoms with E-state index >= 15 is 0 Å². The molecule has 5 rings (SSSR count). The van der Waals surface area contributed by atoms with Gasteiger partial charge in [0, 0.05) is 12.1 Å². The van der Waals surface area contributed by atoms with E-state index in [-0.39, 0.29) is 6.10 Å². The molecule has 148 valence electrons. The third-order valence-electron chi connectivity index (χ3n) is 5.71. The van der Waals surface area contributed by atoms with E-state index in [4.69, 9.17) is 0 Å². The molecular formula is C21H26N4O2S. The Kier molecular flexibility index (Phi) is 6.14. The topological polar surface area (TPSA) is 83.1 Å². The summed E-state index contributed by atoms with van der Waals surface area (Å²) in [5.41, 5.74) is 3.72. The number of thiol groups is 1. The fraction of sp³-hybridized carbons (Fsp3) is 0.429. The van der Waals surface area contributed by atoms with Crippen molar-refractivity contribution in [1.82, 2.24) is 15.0 Å². The molecule has 2 aliphatic rings. The van der Waals surface area contributed by atoms with E-state index in [1.165, 1.54) is 11.1 Å². The summed E-state index contributed by atoms with van der Waals surface area (Å²) in [5.74, 6) is 1.25. The second-order valence-corrected chi connectivity index (χ2v) is 7.71. The molecule has 1 aromatic carbocycles. The average molecular weight is 399 g/mol. The molecule has 2 aromatic heterocycles. The Morgan fingerprint density at radius 3 is 2.89 bits per heavy atom. The average Bonchev–Trinajstić information content (AvgIpc) is 3.44. The number of benzene rings is 1. The molecule has 7 heteroatoms. The van der Waals surface area contributed by atoms with E-state index in [0.29, 0.717) is 18.6 Å². The lowest BCUT2D eigenvalue weighted by atomic mass is 10.1. The van der Waals surface area contributed by atoms with Crippen LogP contribution in [0.15, 0.2) is 42.9 Å². The molecule has 3 aromatic rings. The van der Waals surface area contributed by atoms with Gasteiger partial charge in [-0.15, -0.1) is 0 Å². The monoisotopic (exact) mass is 398 g/mol. The van der Waals surface area contributed by atoms with Gasteiger partial charge in [-0.05, 0) is 55.8 Å². The van der Waals surface area contributed by atoms with Crippen LogP contribution in [0, 0.1) is 5.92 Å². The molecule has 1 fully saturated rings. The number of rotatable bonds is 4. The van der Waals surface area contributed by atoms with Gasteiger partial charge >= 0.3 is 0 Å². The first-order valence-corrected chi connectivity index (χ1v) is 10.2. The van der Waals surface area contributed by atoms with Crippen LogP contribution in [0.1, 0.15) is 42.9 Å². The quantitative estimate of drug-likeness (QED) is 0.393. The van der Waals surface area contributed by atoms with Gasteiger partial charge < -0.3 is 19.6 Å². The fourth-order valence-electron chi connectivity index (χ4n) is 4.17. The summed E-state index contributed by atoms with van der Waals surface area (Å²) in [6.45, 7) is 0.588. The second kappa shape index (κ2) is 8.94. The molecule has 1 saturated carbocycles. The van der Waals surface area contributed by atoms with Crippen LogP contribution in [-0.2, 0) is 10.6 Å². The molecule has 0 saturated heterocycles. The lowest BCUT2D eigenvalue weighted by Crippen LogP contribution is -2.16. The Labute approximate surface area is 170 Å². The molecule has 3 unspecified atom stereocenters. The van der Waals surface area contributed by atoms with Crippen LogP contribution in [0.4, 0.5) is 5.82 Å². The molecule has 0 amide bonds. The molecule has 3 atom stereocenters. The van der Waals surface area contributed by atoms with Gasteiger partial charge in [-0.25, -0.2) is 9.97 Å². The summed E-state index contributed by atoms with van der Waals surface area (Å²) >= 11 is 3.63. The number of hydrogen-bond donors (Lipinski definition) is 4. The van der Waals surface area contributed by atoms with Gasteiger partial charge in [-0.3, -0.25) is 0 Å². The predicted octanol–water partition coefficient (Wildman–Crippen LogP) is 4.07. The Morgan fingerprint density at radius 2 is 2.07 bits per heavy atom. The van der Waals surface area contributed by atoms with E-state index in [2.05, 4.69) is 61.6 Å². The number of aromatic nitrogens is 3. The zero-order valence-corrected chi connectivity index (χ0v) is 16.6. The van der Waals surface area contributed by atoms with E-state index in [9.17, 15) is 5.11 Å². The number of nitrogens with one attached hydrogen (secondary N) is 2. The largest absolute Gasteiger partial charge is 0.393 e. The van der Waals surface area contributed by atoms with Crippen molar-refractivity contribution in [2.45, 2.75) is 44.2 Å². The van der Waals surface area contributed by atoms with Gasteiger partial charge in [0.15, 0.2) is 0 Å². The molecule has 2 aliphatic carbocycles. The van der Waals surface area contributed by atoms with Gasteiger partial charge in [0.05, 0.1) is 24.1 Å². The molecule has 6 nitrogen and oxygen atoms in total. The first-order valence-electron chi connectivity index (χ1n) is 9.83. The summed E-state index contributed by atoms with van der Waals surface area (Å²) in [6, 6.07) is 11.0. The first-order chi connectivity index (χ1) is 13.8.